The second-order valence-corrected chi connectivity index (χ2v) is 5.20. The van der Waals surface area contributed by atoms with Gasteiger partial charge >= 0.3 is 5.97 Å². The number of benzene rings is 1. The van der Waals surface area contributed by atoms with E-state index in [-0.39, 0.29) is 5.97 Å². The fourth-order valence-electron chi connectivity index (χ4n) is 2.09. The van der Waals surface area contributed by atoms with Crippen LogP contribution in [0, 0.1) is 6.92 Å². The molecule has 2 nitrogen and oxygen atoms in total. The van der Waals surface area contributed by atoms with Gasteiger partial charge in [-0.1, -0.05) is 30.3 Å². The van der Waals surface area contributed by atoms with Gasteiger partial charge in [-0.25, -0.2) is 4.79 Å². The summed E-state index contributed by atoms with van der Waals surface area (Å²) in [7, 11) is 0. The predicted octanol–water partition coefficient (Wildman–Crippen LogP) is 3.52. The Hall–Kier alpha value is -1.87. The first-order valence-electron chi connectivity index (χ1n) is 5.77. The Kier molecular flexibility index (Phi) is 2.76. The zero-order valence-electron chi connectivity index (χ0n) is 9.97. The molecule has 1 aromatic carbocycles. The molecule has 3 heteroatoms. The molecule has 2 heterocycles. The van der Waals surface area contributed by atoms with E-state index in [1.54, 1.807) is 11.3 Å². The number of thiophene rings is 1. The molecule has 18 heavy (non-hydrogen) atoms. The predicted molar refractivity (Wildman–Crippen MR) is 73.3 cm³/mol. The summed E-state index contributed by atoms with van der Waals surface area (Å²) in [4.78, 5) is 13.0. The number of esters is 1. The minimum atomic E-state index is -0.220. The summed E-state index contributed by atoms with van der Waals surface area (Å²) < 4.78 is 5.19. The van der Waals surface area contributed by atoms with Crippen LogP contribution >= 0.6 is 11.3 Å². The van der Waals surface area contributed by atoms with Gasteiger partial charge in [0.15, 0.2) is 0 Å². The molecule has 0 spiro atoms. The Morgan fingerprint density at radius 2 is 2.00 bits per heavy atom. The van der Waals surface area contributed by atoms with Crippen LogP contribution in [0.25, 0.3) is 11.1 Å². The minimum Gasteiger partial charge on any atom is -0.457 e. The maximum atomic E-state index is 11.9. The smallest absolute Gasteiger partial charge is 0.339 e. The molecule has 0 fully saturated rings. The lowest BCUT2D eigenvalue weighted by Crippen LogP contribution is -1.98. The molecule has 1 aromatic heterocycles. The van der Waals surface area contributed by atoms with Crippen molar-refractivity contribution in [1.82, 2.24) is 0 Å². The summed E-state index contributed by atoms with van der Waals surface area (Å²) in [5.41, 5.74) is 3.86. The van der Waals surface area contributed by atoms with Crippen LogP contribution in [0.5, 0.6) is 0 Å². The molecule has 1 aliphatic rings. The molecule has 2 aromatic rings. The van der Waals surface area contributed by atoms with Gasteiger partial charge in [0.25, 0.3) is 0 Å². The zero-order valence-corrected chi connectivity index (χ0v) is 10.8. The summed E-state index contributed by atoms with van der Waals surface area (Å²) in [6.45, 7) is 2.43. The average molecular weight is 256 g/mol. The molecule has 0 saturated carbocycles. The van der Waals surface area contributed by atoms with Crippen molar-refractivity contribution in [2.45, 2.75) is 6.92 Å². The fourth-order valence-corrected chi connectivity index (χ4v) is 3.02. The topological polar surface area (TPSA) is 26.3 Å². The first-order chi connectivity index (χ1) is 8.75. The van der Waals surface area contributed by atoms with E-state index in [0.29, 0.717) is 12.2 Å². The van der Waals surface area contributed by atoms with E-state index in [4.69, 9.17) is 4.74 Å². The van der Waals surface area contributed by atoms with Crippen molar-refractivity contribution in [2.24, 2.45) is 0 Å². The van der Waals surface area contributed by atoms with Gasteiger partial charge < -0.3 is 4.74 Å². The number of cyclic esters (lactones) is 1. The third-order valence-corrected chi connectivity index (χ3v) is 4.05. The summed E-state index contributed by atoms with van der Waals surface area (Å²) in [6, 6.07) is 11.8. The van der Waals surface area contributed by atoms with Crippen molar-refractivity contribution in [3.8, 4) is 0 Å². The second kappa shape index (κ2) is 4.42. The van der Waals surface area contributed by atoms with Crippen LogP contribution < -0.4 is 0 Å². The van der Waals surface area contributed by atoms with Crippen molar-refractivity contribution in [3.05, 3.63) is 57.8 Å². The summed E-state index contributed by atoms with van der Waals surface area (Å²) in [5.74, 6) is -0.220. The van der Waals surface area contributed by atoms with Crippen LogP contribution in [0.3, 0.4) is 0 Å². The normalized spacial score (nSPS) is 15.1. The van der Waals surface area contributed by atoms with Crippen LogP contribution in [0.4, 0.5) is 0 Å². The highest BCUT2D eigenvalue weighted by Crippen LogP contribution is 2.35. The SMILES string of the molecule is Cc1csc(C2=C(c3ccccc3)C(=O)OC2)c1. The Bertz CT molecular complexity index is 623. The average Bonchev–Trinajstić information content (AvgIpc) is 2.96. The first kappa shape index (κ1) is 11.2. The van der Waals surface area contributed by atoms with Gasteiger partial charge in [0.2, 0.25) is 0 Å². The van der Waals surface area contributed by atoms with Gasteiger partial charge in [0.1, 0.15) is 6.61 Å². The molecular weight excluding hydrogens is 244 g/mol. The van der Waals surface area contributed by atoms with Crippen molar-refractivity contribution in [2.75, 3.05) is 6.61 Å². The van der Waals surface area contributed by atoms with Crippen LogP contribution in [-0.2, 0) is 9.53 Å². The molecule has 1 aliphatic heterocycles. The third-order valence-electron chi connectivity index (χ3n) is 2.94. The number of hydrogen-bond acceptors (Lipinski definition) is 3. The molecule has 0 aliphatic carbocycles. The van der Waals surface area contributed by atoms with E-state index >= 15 is 0 Å². The van der Waals surface area contributed by atoms with Gasteiger partial charge in [-0.05, 0) is 29.5 Å². The lowest BCUT2D eigenvalue weighted by molar-refractivity contribution is -0.133. The zero-order chi connectivity index (χ0) is 12.5. The van der Waals surface area contributed by atoms with E-state index < -0.39 is 0 Å². The Morgan fingerprint density at radius 3 is 2.67 bits per heavy atom. The number of rotatable bonds is 2. The van der Waals surface area contributed by atoms with Crippen LogP contribution in [0.2, 0.25) is 0 Å². The number of hydrogen-bond donors (Lipinski definition) is 0. The largest absolute Gasteiger partial charge is 0.457 e. The Labute approximate surface area is 110 Å². The standard InChI is InChI=1S/C15H12O2S/c1-10-7-13(18-9-10)12-8-17-15(16)14(12)11-5-3-2-4-6-11/h2-7,9H,8H2,1H3. The van der Waals surface area contributed by atoms with Crippen LogP contribution in [-0.4, -0.2) is 12.6 Å². The number of ether oxygens (including phenoxy) is 1. The number of aryl methyl sites for hydroxylation is 1. The van der Waals surface area contributed by atoms with Crippen LogP contribution in [0.1, 0.15) is 16.0 Å². The summed E-state index contributed by atoms with van der Waals surface area (Å²) in [6.07, 6.45) is 0. The highest BCUT2D eigenvalue weighted by atomic mass is 32.1. The van der Waals surface area contributed by atoms with Crippen LogP contribution in [0.15, 0.2) is 41.8 Å². The van der Waals surface area contributed by atoms with Crippen molar-refractivity contribution in [1.29, 1.82) is 0 Å². The quantitative estimate of drug-likeness (QED) is 0.768. The van der Waals surface area contributed by atoms with E-state index in [2.05, 4.69) is 18.4 Å². The van der Waals surface area contributed by atoms with Gasteiger partial charge in [-0.3, -0.25) is 0 Å². The molecule has 0 saturated heterocycles. The summed E-state index contributed by atoms with van der Waals surface area (Å²) in [5, 5.41) is 2.09. The van der Waals surface area contributed by atoms with E-state index in [1.807, 2.05) is 30.3 Å². The molecule has 0 N–H and O–H groups in total. The van der Waals surface area contributed by atoms with Gasteiger partial charge in [0.05, 0.1) is 5.57 Å². The van der Waals surface area contributed by atoms with E-state index in [1.165, 1.54) is 5.56 Å². The summed E-state index contributed by atoms with van der Waals surface area (Å²) >= 11 is 1.66. The molecule has 0 unspecified atom stereocenters. The number of carbonyl (C=O) groups is 1. The Morgan fingerprint density at radius 1 is 1.22 bits per heavy atom. The lowest BCUT2D eigenvalue weighted by Gasteiger charge is -2.01. The maximum absolute atomic E-state index is 11.9. The highest BCUT2D eigenvalue weighted by Gasteiger charge is 2.27. The second-order valence-electron chi connectivity index (χ2n) is 4.28. The fraction of sp³-hybridized carbons (Fsp3) is 0.133. The Balaban J connectivity index is 2.15. The maximum Gasteiger partial charge on any atom is 0.339 e. The van der Waals surface area contributed by atoms with Crippen molar-refractivity contribution in [3.63, 3.8) is 0 Å². The molecule has 90 valence electrons. The highest BCUT2D eigenvalue weighted by molar-refractivity contribution is 7.11. The molecule has 0 atom stereocenters. The van der Waals surface area contributed by atoms with Gasteiger partial charge in [-0.15, -0.1) is 11.3 Å². The monoisotopic (exact) mass is 256 g/mol. The molecule has 0 radical (unpaired) electrons. The molecular formula is C15H12O2S. The minimum absolute atomic E-state index is 0.220. The number of carbonyl (C=O) groups excluding carboxylic acids is 1. The van der Waals surface area contributed by atoms with Gasteiger partial charge in [0, 0.05) is 10.5 Å². The van der Waals surface area contributed by atoms with Crippen molar-refractivity contribution >= 4 is 28.5 Å². The first-order valence-corrected chi connectivity index (χ1v) is 6.65. The third kappa shape index (κ3) is 1.87. The van der Waals surface area contributed by atoms with Gasteiger partial charge in [-0.2, -0.15) is 0 Å². The molecule has 3 rings (SSSR count). The lowest BCUT2D eigenvalue weighted by atomic mass is 10.0. The van der Waals surface area contributed by atoms with E-state index in [9.17, 15) is 4.79 Å². The van der Waals surface area contributed by atoms with Crippen molar-refractivity contribution < 1.29 is 9.53 Å². The molecule has 0 amide bonds. The van der Waals surface area contributed by atoms with E-state index in [0.717, 1.165) is 16.0 Å². The molecule has 0 bridgehead atoms.